The lowest BCUT2D eigenvalue weighted by Gasteiger charge is -2.31. The van der Waals surface area contributed by atoms with Crippen molar-refractivity contribution in [3.8, 4) is 0 Å². The molecule has 1 fully saturated rings. The average Bonchev–Trinajstić information content (AvgIpc) is 2.65. The lowest BCUT2D eigenvalue weighted by molar-refractivity contribution is 0.187. The molecule has 1 aromatic rings. The fourth-order valence-electron chi connectivity index (χ4n) is 3.72. The first-order valence-corrected chi connectivity index (χ1v) is 12.3. The predicted molar refractivity (Wildman–Crippen MR) is 117 cm³/mol. The van der Waals surface area contributed by atoms with E-state index in [0.717, 1.165) is 42.6 Å². The first kappa shape index (κ1) is 22.7. The molecule has 1 aliphatic heterocycles. The molecule has 1 heterocycles. The van der Waals surface area contributed by atoms with E-state index in [4.69, 9.17) is 0 Å². The molecule has 0 amide bonds. The highest BCUT2D eigenvalue weighted by Gasteiger charge is 2.17. The molecule has 6 nitrogen and oxygen atoms in total. The van der Waals surface area contributed by atoms with Gasteiger partial charge in [0, 0.05) is 19.3 Å². The van der Waals surface area contributed by atoms with E-state index >= 15 is 0 Å². The van der Waals surface area contributed by atoms with Crippen LogP contribution in [0.4, 0.5) is 0 Å². The monoisotopic (exact) mass is 408 g/mol. The zero-order valence-electron chi connectivity index (χ0n) is 17.8. The first-order chi connectivity index (χ1) is 13.3. The molecule has 28 heavy (non-hydrogen) atoms. The van der Waals surface area contributed by atoms with Crippen LogP contribution in [-0.2, 0) is 16.4 Å². The van der Waals surface area contributed by atoms with E-state index in [0.29, 0.717) is 11.4 Å². The van der Waals surface area contributed by atoms with Gasteiger partial charge in [-0.2, -0.15) is 0 Å². The smallest absolute Gasteiger partial charge is 0.191 e. The summed E-state index contributed by atoms with van der Waals surface area (Å²) in [5.41, 5.74) is 1.78. The Bertz CT molecular complexity index is 754. The molecule has 0 atom stereocenters. The molecular formula is C21H36N4O2S. The highest BCUT2D eigenvalue weighted by atomic mass is 32.2. The third kappa shape index (κ3) is 7.09. The third-order valence-electron chi connectivity index (χ3n) is 5.40. The predicted octanol–water partition coefficient (Wildman–Crippen LogP) is 2.58. The molecule has 2 N–H and O–H groups in total. The van der Waals surface area contributed by atoms with Crippen molar-refractivity contribution in [3.05, 3.63) is 29.3 Å². The Morgan fingerprint density at radius 1 is 1.21 bits per heavy atom. The zero-order chi connectivity index (χ0) is 20.6. The summed E-state index contributed by atoms with van der Waals surface area (Å²) in [6, 6.07) is 5.43. The van der Waals surface area contributed by atoms with Crippen molar-refractivity contribution in [1.29, 1.82) is 0 Å². The SMILES string of the molecule is CCNC(=NCc1ccc(S(C)(=O)=O)c(C)c1)NCCC1CCN(CC)CC1. The van der Waals surface area contributed by atoms with Crippen LogP contribution >= 0.6 is 0 Å². The second-order valence-corrected chi connectivity index (χ2v) is 9.64. The zero-order valence-corrected chi connectivity index (χ0v) is 18.6. The van der Waals surface area contributed by atoms with Crippen molar-refractivity contribution in [3.63, 3.8) is 0 Å². The van der Waals surface area contributed by atoms with Crippen LogP contribution in [0.5, 0.6) is 0 Å². The molecule has 0 aliphatic carbocycles. The summed E-state index contributed by atoms with van der Waals surface area (Å²) < 4.78 is 23.5. The molecule has 1 saturated heterocycles. The maximum absolute atomic E-state index is 11.7. The summed E-state index contributed by atoms with van der Waals surface area (Å²) in [5, 5.41) is 6.73. The molecule has 158 valence electrons. The highest BCUT2D eigenvalue weighted by Crippen LogP contribution is 2.19. The normalized spacial score (nSPS) is 16.9. The number of aliphatic imine (C=N–C) groups is 1. The summed E-state index contributed by atoms with van der Waals surface area (Å²) in [6.07, 6.45) is 4.99. The first-order valence-electron chi connectivity index (χ1n) is 10.4. The molecule has 0 radical (unpaired) electrons. The fourth-order valence-corrected chi connectivity index (χ4v) is 4.68. The largest absolute Gasteiger partial charge is 0.357 e. The van der Waals surface area contributed by atoms with Crippen molar-refractivity contribution in [1.82, 2.24) is 15.5 Å². The number of aryl methyl sites for hydroxylation is 1. The van der Waals surface area contributed by atoms with E-state index in [-0.39, 0.29) is 0 Å². The molecular weight excluding hydrogens is 372 g/mol. The minimum Gasteiger partial charge on any atom is -0.357 e. The van der Waals surface area contributed by atoms with Gasteiger partial charge in [0.2, 0.25) is 0 Å². The summed E-state index contributed by atoms with van der Waals surface area (Å²) in [4.78, 5) is 7.57. The number of sulfone groups is 1. The molecule has 0 unspecified atom stereocenters. The molecule has 7 heteroatoms. The van der Waals surface area contributed by atoms with E-state index in [1.165, 1.54) is 38.6 Å². The topological polar surface area (TPSA) is 73.8 Å². The second-order valence-electron chi connectivity index (χ2n) is 7.66. The van der Waals surface area contributed by atoms with Gasteiger partial charge >= 0.3 is 0 Å². The van der Waals surface area contributed by atoms with Gasteiger partial charge in [-0.05, 0) is 75.9 Å². The van der Waals surface area contributed by atoms with Crippen LogP contribution in [0.15, 0.2) is 28.1 Å². The molecule has 0 saturated carbocycles. The van der Waals surface area contributed by atoms with Crippen LogP contribution < -0.4 is 10.6 Å². The minimum absolute atomic E-state index is 0.388. The lowest BCUT2D eigenvalue weighted by Crippen LogP contribution is -2.39. The van der Waals surface area contributed by atoms with Gasteiger partial charge in [-0.3, -0.25) is 0 Å². The molecule has 2 rings (SSSR count). The lowest BCUT2D eigenvalue weighted by atomic mass is 9.93. The van der Waals surface area contributed by atoms with Gasteiger partial charge < -0.3 is 15.5 Å². The number of nitrogens with one attached hydrogen (secondary N) is 2. The Hall–Kier alpha value is -1.60. The maximum atomic E-state index is 11.7. The van der Waals surface area contributed by atoms with Crippen LogP contribution in [0, 0.1) is 12.8 Å². The molecule has 0 aromatic heterocycles. The summed E-state index contributed by atoms with van der Waals surface area (Å²) in [7, 11) is -3.18. The summed E-state index contributed by atoms with van der Waals surface area (Å²) in [5.74, 6) is 1.61. The number of likely N-dealkylation sites (tertiary alicyclic amines) is 1. The Morgan fingerprint density at radius 3 is 2.50 bits per heavy atom. The van der Waals surface area contributed by atoms with Crippen molar-refractivity contribution >= 4 is 15.8 Å². The fraction of sp³-hybridized carbons (Fsp3) is 0.667. The molecule has 0 bridgehead atoms. The number of piperidine rings is 1. The van der Waals surface area contributed by atoms with Crippen molar-refractivity contribution in [2.24, 2.45) is 10.9 Å². The van der Waals surface area contributed by atoms with Crippen LogP contribution in [0.25, 0.3) is 0 Å². The number of rotatable bonds is 8. The summed E-state index contributed by atoms with van der Waals surface area (Å²) >= 11 is 0. The van der Waals surface area contributed by atoms with Crippen molar-refractivity contribution < 1.29 is 8.42 Å². The quantitative estimate of drug-likeness (QED) is 0.511. The van der Waals surface area contributed by atoms with Crippen molar-refractivity contribution in [2.75, 3.05) is 39.0 Å². The van der Waals surface area contributed by atoms with Crippen LogP contribution in [0.1, 0.15) is 44.2 Å². The minimum atomic E-state index is -3.18. The Balaban J connectivity index is 1.87. The molecule has 1 aliphatic rings. The highest BCUT2D eigenvalue weighted by molar-refractivity contribution is 7.90. The van der Waals surface area contributed by atoms with E-state index in [1.54, 1.807) is 6.07 Å². The van der Waals surface area contributed by atoms with Gasteiger partial charge in [0.1, 0.15) is 0 Å². The van der Waals surface area contributed by atoms with E-state index in [1.807, 2.05) is 19.1 Å². The number of benzene rings is 1. The Kier molecular flexibility index (Phi) is 8.76. The molecule has 1 aromatic carbocycles. The van der Waals surface area contributed by atoms with Gasteiger partial charge in [0.15, 0.2) is 15.8 Å². The van der Waals surface area contributed by atoms with E-state index < -0.39 is 9.84 Å². The summed E-state index contributed by atoms with van der Waals surface area (Å²) in [6.45, 7) is 12.0. The van der Waals surface area contributed by atoms with E-state index in [2.05, 4.69) is 34.4 Å². The van der Waals surface area contributed by atoms with Crippen molar-refractivity contribution in [2.45, 2.75) is 51.5 Å². The standard InChI is InChI=1S/C21H36N4O2S/c1-5-22-21(23-12-9-18-10-13-25(6-2)14-11-18)24-16-19-7-8-20(17(3)15-19)28(4,26)27/h7-8,15,18H,5-6,9-14,16H2,1-4H3,(H2,22,23,24). The van der Waals surface area contributed by atoms with Gasteiger partial charge in [0.05, 0.1) is 11.4 Å². The van der Waals surface area contributed by atoms with Gasteiger partial charge in [0.25, 0.3) is 0 Å². The maximum Gasteiger partial charge on any atom is 0.191 e. The molecule has 0 spiro atoms. The Morgan fingerprint density at radius 2 is 1.93 bits per heavy atom. The van der Waals surface area contributed by atoms with Crippen LogP contribution in [0.3, 0.4) is 0 Å². The Labute approximate surface area is 170 Å². The number of hydrogen-bond acceptors (Lipinski definition) is 4. The van der Waals surface area contributed by atoms with Gasteiger partial charge in [-0.25, -0.2) is 13.4 Å². The average molecular weight is 409 g/mol. The van der Waals surface area contributed by atoms with Gasteiger partial charge in [-0.1, -0.05) is 19.1 Å². The number of guanidine groups is 1. The second kappa shape index (κ2) is 10.8. The van der Waals surface area contributed by atoms with Crippen LogP contribution in [-0.4, -0.2) is 58.3 Å². The number of hydrogen-bond donors (Lipinski definition) is 2. The number of nitrogens with zero attached hydrogens (tertiary/aromatic N) is 2. The van der Waals surface area contributed by atoms with E-state index in [9.17, 15) is 8.42 Å². The van der Waals surface area contributed by atoms with Crippen LogP contribution in [0.2, 0.25) is 0 Å². The van der Waals surface area contributed by atoms with Gasteiger partial charge in [-0.15, -0.1) is 0 Å². The third-order valence-corrected chi connectivity index (χ3v) is 6.66.